The minimum atomic E-state index is -0.730. The Bertz CT molecular complexity index is 989. The molecule has 164 valence electrons. The zero-order valence-corrected chi connectivity index (χ0v) is 18.0. The van der Waals surface area contributed by atoms with Crippen LogP contribution < -0.4 is 25.0 Å². The van der Waals surface area contributed by atoms with Crippen LogP contribution in [0.1, 0.15) is 24.5 Å². The van der Waals surface area contributed by atoms with E-state index < -0.39 is 11.8 Å². The molecular weight excluding hydrogens is 398 g/mol. The Balaban J connectivity index is 1.54. The lowest BCUT2D eigenvalue weighted by Crippen LogP contribution is -2.36. The molecule has 0 radical (unpaired) electrons. The summed E-state index contributed by atoms with van der Waals surface area (Å²) in [6, 6.07) is 10.8. The first kappa shape index (κ1) is 22.1. The van der Waals surface area contributed by atoms with Gasteiger partial charge in [0, 0.05) is 31.4 Å². The van der Waals surface area contributed by atoms with Gasteiger partial charge in [0.2, 0.25) is 5.91 Å². The summed E-state index contributed by atoms with van der Waals surface area (Å²) in [6.07, 6.45) is 2.22. The Morgan fingerprint density at radius 1 is 1.00 bits per heavy atom. The summed E-state index contributed by atoms with van der Waals surface area (Å²) < 4.78 is 10.5. The van der Waals surface area contributed by atoms with Crippen molar-refractivity contribution in [2.45, 2.75) is 26.2 Å². The first-order chi connectivity index (χ1) is 14.9. The molecule has 0 spiro atoms. The summed E-state index contributed by atoms with van der Waals surface area (Å²) in [5.41, 5.74) is 3.32. The fourth-order valence-corrected chi connectivity index (χ4v) is 3.63. The number of nitrogens with one attached hydrogen (secondary N) is 2. The first-order valence-electron chi connectivity index (χ1n) is 10.1. The Hall–Kier alpha value is -3.55. The molecule has 2 N–H and O–H groups in total. The van der Waals surface area contributed by atoms with Gasteiger partial charge in [-0.05, 0) is 60.7 Å². The number of ether oxygens (including phenoxy) is 2. The minimum Gasteiger partial charge on any atom is -0.493 e. The maximum absolute atomic E-state index is 12.3. The van der Waals surface area contributed by atoms with Crippen molar-refractivity contribution in [2.75, 3.05) is 37.5 Å². The van der Waals surface area contributed by atoms with E-state index in [1.165, 1.54) is 6.92 Å². The number of nitrogens with zero attached hydrogens (tertiary/aromatic N) is 1. The largest absolute Gasteiger partial charge is 0.493 e. The number of hydrogen-bond acceptors (Lipinski definition) is 5. The summed E-state index contributed by atoms with van der Waals surface area (Å²) in [4.78, 5) is 37.9. The Morgan fingerprint density at radius 3 is 2.48 bits per heavy atom. The molecule has 2 aromatic rings. The number of methoxy groups -OCH3 is 2. The highest BCUT2D eigenvalue weighted by molar-refractivity contribution is 6.39. The molecule has 2 aromatic carbocycles. The molecule has 0 aliphatic carbocycles. The quantitative estimate of drug-likeness (QED) is 0.693. The average Bonchev–Trinajstić information content (AvgIpc) is 2.78. The van der Waals surface area contributed by atoms with E-state index >= 15 is 0 Å². The van der Waals surface area contributed by atoms with Crippen molar-refractivity contribution in [3.63, 3.8) is 0 Å². The van der Waals surface area contributed by atoms with Crippen LogP contribution in [-0.2, 0) is 27.2 Å². The van der Waals surface area contributed by atoms with Crippen molar-refractivity contribution in [2.24, 2.45) is 0 Å². The summed E-state index contributed by atoms with van der Waals surface area (Å²) in [6.45, 7) is 2.53. The highest BCUT2D eigenvalue weighted by Gasteiger charge is 2.21. The smallest absolute Gasteiger partial charge is 0.313 e. The molecule has 8 heteroatoms. The predicted octanol–water partition coefficient (Wildman–Crippen LogP) is 2.30. The van der Waals surface area contributed by atoms with Gasteiger partial charge in [-0.1, -0.05) is 6.07 Å². The summed E-state index contributed by atoms with van der Waals surface area (Å²) in [5, 5.41) is 5.25. The SMILES string of the molecule is COc1ccc(CCNC(=O)C(=O)Nc2ccc3c(c2)CCCN3C(C)=O)cc1OC. The number of benzene rings is 2. The average molecular weight is 425 g/mol. The lowest BCUT2D eigenvalue weighted by molar-refractivity contribution is -0.136. The van der Waals surface area contributed by atoms with Crippen molar-refractivity contribution in [1.82, 2.24) is 5.32 Å². The molecular formula is C23H27N3O5. The maximum atomic E-state index is 12.3. The van der Waals surface area contributed by atoms with Gasteiger partial charge < -0.3 is 25.0 Å². The molecule has 3 amide bonds. The molecule has 0 aromatic heterocycles. The van der Waals surface area contributed by atoms with Crippen LogP contribution in [0.2, 0.25) is 0 Å². The van der Waals surface area contributed by atoms with Crippen molar-refractivity contribution in [3.05, 3.63) is 47.5 Å². The highest BCUT2D eigenvalue weighted by Crippen LogP contribution is 2.30. The number of anilines is 2. The highest BCUT2D eigenvalue weighted by atomic mass is 16.5. The molecule has 1 aliphatic rings. The standard InChI is InChI=1S/C23H27N3O5/c1-15(27)26-12-4-5-17-14-18(7-8-19(17)26)25-23(29)22(28)24-11-10-16-6-9-20(30-2)21(13-16)31-3/h6-9,13-14H,4-5,10-12H2,1-3H3,(H,24,28)(H,25,29). The number of carbonyl (C=O) groups excluding carboxylic acids is 3. The number of hydrogen-bond donors (Lipinski definition) is 2. The van der Waals surface area contributed by atoms with Gasteiger partial charge in [-0.25, -0.2) is 0 Å². The minimum absolute atomic E-state index is 0.00778. The summed E-state index contributed by atoms with van der Waals surface area (Å²) >= 11 is 0. The van der Waals surface area contributed by atoms with Gasteiger partial charge in [-0.2, -0.15) is 0 Å². The fourth-order valence-electron chi connectivity index (χ4n) is 3.63. The van der Waals surface area contributed by atoms with E-state index in [0.29, 0.717) is 36.7 Å². The van der Waals surface area contributed by atoms with Gasteiger partial charge in [0.1, 0.15) is 0 Å². The molecule has 1 aliphatic heterocycles. The first-order valence-corrected chi connectivity index (χ1v) is 10.1. The van der Waals surface area contributed by atoms with Gasteiger partial charge in [-0.15, -0.1) is 0 Å². The van der Waals surface area contributed by atoms with Crippen LogP contribution in [-0.4, -0.2) is 45.0 Å². The second-order valence-electron chi connectivity index (χ2n) is 7.27. The van der Waals surface area contributed by atoms with E-state index in [1.54, 1.807) is 37.3 Å². The number of aryl methyl sites for hydroxylation is 1. The third-order valence-corrected chi connectivity index (χ3v) is 5.19. The van der Waals surface area contributed by atoms with E-state index in [4.69, 9.17) is 9.47 Å². The summed E-state index contributed by atoms with van der Waals surface area (Å²) in [5.74, 6) is -0.201. The monoisotopic (exact) mass is 425 g/mol. The van der Waals surface area contributed by atoms with Gasteiger partial charge in [0.25, 0.3) is 0 Å². The Morgan fingerprint density at radius 2 is 1.77 bits per heavy atom. The van der Waals surface area contributed by atoms with Crippen molar-refractivity contribution in [1.29, 1.82) is 0 Å². The summed E-state index contributed by atoms with van der Waals surface area (Å²) in [7, 11) is 3.13. The maximum Gasteiger partial charge on any atom is 0.313 e. The number of fused-ring (bicyclic) bond motifs is 1. The van der Waals surface area contributed by atoms with Crippen LogP contribution in [0.15, 0.2) is 36.4 Å². The molecule has 3 rings (SSSR count). The van der Waals surface area contributed by atoms with Crippen molar-refractivity contribution in [3.8, 4) is 11.5 Å². The van der Waals surface area contributed by atoms with Gasteiger partial charge in [0.15, 0.2) is 11.5 Å². The molecule has 1 heterocycles. The normalized spacial score (nSPS) is 12.5. The van der Waals surface area contributed by atoms with E-state index in [0.717, 1.165) is 29.7 Å². The second-order valence-corrected chi connectivity index (χ2v) is 7.27. The molecule has 0 bridgehead atoms. The van der Waals surface area contributed by atoms with Crippen LogP contribution in [0.25, 0.3) is 0 Å². The third-order valence-electron chi connectivity index (χ3n) is 5.19. The Kier molecular flexibility index (Phi) is 7.12. The van der Waals surface area contributed by atoms with Crippen LogP contribution in [0.4, 0.5) is 11.4 Å². The molecule has 0 saturated carbocycles. The molecule has 0 unspecified atom stereocenters. The van der Waals surface area contributed by atoms with Crippen LogP contribution in [0.3, 0.4) is 0 Å². The topological polar surface area (TPSA) is 97.0 Å². The lowest BCUT2D eigenvalue weighted by Gasteiger charge is -2.28. The zero-order chi connectivity index (χ0) is 22.4. The fraction of sp³-hybridized carbons (Fsp3) is 0.348. The molecule has 0 fully saturated rings. The predicted molar refractivity (Wildman–Crippen MR) is 118 cm³/mol. The number of amides is 3. The molecule has 31 heavy (non-hydrogen) atoms. The molecule has 8 nitrogen and oxygen atoms in total. The van der Waals surface area contributed by atoms with Gasteiger partial charge >= 0.3 is 11.8 Å². The van der Waals surface area contributed by atoms with E-state index in [-0.39, 0.29) is 5.91 Å². The zero-order valence-electron chi connectivity index (χ0n) is 18.0. The number of rotatable bonds is 6. The van der Waals surface area contributed by atoms with E-state index in [1.807, 2.05) is 18.2 Å². The lowest BCUT2D eigenvalue weighted by atomic mass is 10.0. The Labute approximate surface area is 181 Å². The molecule has 0 atom stereocenters. The van der Waals surface area contributed by atoms with Crippen LogP contribution in [0, 0.1) is 0 Å². The number of carbonyl (C=O) groups is 3. The van der Waals surface area contributed by atoms with Crippen LogP contribution in [0.5, 0.6) is 11.5 Å². The van der Waals surface area contributed by atoms with Crippen molar-refractivity contribution < 1.29 is 23.9 Å². The second kappa shape index (κ2) is 9.97. The van der Waals surface area contributed by atoms with Gasteiger partial charge in [-0.3, -0.25) is 14.4 Å². The van der Waals surface area contributed by atoms with E-state index in [9.17, 15) is 14.4 Å². The third kappa shape index (κ3) is 5.33. The molecule has 0 saturated heterocycles. The van der Waals surface area contributed by atoms with E-state index in [2.05, 4.69) is 10.6 Å². The van der Waals surface area contributed by atoms with Crippen LogP contribution >= 0.6 is 0 Å². The van der Waals surface area contributed by atoms with Crippen molar-refractivity contribution >= 4 is 29.1 Å². The van der Waals surface area contributed by atoms with Gasteiger partial charge in [0.05, 0.1) is 14.2 Å².